The van der Waals surface area contributed by atoms with E-state index in [4.69, 9.17) is 5.73 Å². The Hall–Kier alpha value is -2.82. The van der Waals surface area contributed by atoms with E-state index in [9.17, 15) is 4.79 Å². The van der Waals surface area contributed by atoms with Gasteiger partial charge in [-0.2, -0.15) is 0 Å². The molecule has 0 unspecified atom stereocenters. The number of carbonyl (C=O) groups is 1. The molecule has 0 bridgehead atoms. The van der Waals surface area contributed by atoms with Crippen LogP contribution in [0, 0.1) is 6.92 Å². The minimum Gasteiger partial charge on any atom is -0.383 e. The lowest BCUT2D eigenvalue weighted by Gasteiger charge is -2.10. The van der Waals surface area contributed by atoms with Gasteiger partial charge in [0.2, 0.25) is 5.91 Å². The summed E-state index contributed by atoms with van der Waals surface area (Å²) in [4.78, 5) is 18.1. The third-order valence-corrected chi connectivity index (χ3v) is 4.30. The van der Waals surface area contributed by atoms with Gasteiger partial charge in [0, 0.05) is 24.0 Å². The molecule has 1 amide bonds. The van der Waals surface area contributed by atoms with Gasteiger partial charge in [-0.25, -0.2) is 4.98 Å². The number of imidazole rings is 1. The molecule has 0 fully saturated rings. The number of pyridine rings is 1. The van der Waals surface area contributed by atoms with E-state index in [0.29, 0.717) is 12.2 Å². The van der Waals surface area contributed by atoms with Gasteiger partial charge in [-0.1, -0.05) is 12.1 Å². The van der Waals surface area contributed by atoms with Crippen molar-refractivity contribution in [2.75, 3.05) is 17.7 Å². The second kappa shape index (κ2) is 4.34. The van der Waals surface area contributed by atoms with E-state index in [2.05, 4.69) is 4.98 Å². The van der Waals surface area contributed by atoms with Gasteiger partial charge in [0.25, 0.3) is 0 Å². The Morgan fingerprint density at radius 2 is 2.05 bits per heavy atom. The third-order valence-electron chi connectivity index (χ3n) is 4.30. The van der Waals surface area contributed by atoms with Crippen LogP contribution in [-0.4, -0.2) is 22.3 Å². The van der Waals surface area contributed by atoms with Crippen molar-refractivity contribution < 1.29 is 4.79 Å². The maximum absolute atomic E-state index is 11.8. The first kappa shape index (κ1) is 12.9. The van der Waals surface area contributed by atoms with Crippen LogP contribution in [0.4, 0.5) is 11.5 Å². The minimum absolute atomic E-state index is 0.117. The highest BCUT2D eigenvalue weighted by Gasteiger charge is 2.24. The molecule has 0 radical (unpaired) electrons. The molecule has 0 saturated carbocycles. The van der Waals surface area contributed by atoms with Crippen molar-refractivity contribution in [3.05, 3.63) is 47.7 Å². The molecule has 0 aliphatic carbocycles. The van der Waals surface area contributed by atoms with Crippen LogP contribution in [0.25, 0.3) is 16.9 Å². The highest BCUT2D eigenvalue weighted by atomic mass is 16.2. The number of amides is 1. The fourth-order valence-electron chi connectivity index (χ4n) is 3.11. The Kier molecular flexibility index (Phi) is 2.54. The molecule has 1 aliphatic heterocycles. The van der Waals surface area contributed by atoms with Gasteiger partial charge < -0.3 is 10.6 Å². The van der Waals surface area contributed by atoms with E-state index in [1.165, 1.54) is 0 Å². The molecule has 5 nitrogen and oxygen atoms in total. The van der Waals surface area contributed by atoms with Crippen molar-refractivity contribution in [3.8, 4) is 11.3 Å². The summed E-state index contributed by atoms with van der Waals surface area (Å²) in [6, 6.07) is 11.9. The Morgan fingerprint density at radius 1 is 1.23 bits per heavy atom. The summed E-state index contributed by atoms with van der Waals surface area (Å²) in [5, 5.41) is 0. The van der Waals surface area contributed by atoms with Gasteiger partial charge in [0.1, 0.15) is 17.2 Å². The maximum Gasteiger partial charge on any atom is 0.231 e. The van der Waals surface area contributed by atoms with Gasteiger partial charge in [-0.15, -0.1) is 0 Å². The Labute approximate surface area is 128 Å². The normalized spacial score (nSPS) is 13.9. The van der Waals surface area contributed by atoms with Crippen LogP contribution < -0.4 is 10.6 Å². The molecule has 0 spiro atoms. The number of anilines is 2. The summed E-state index contributed by atoms with van der Waals surface area (Å²) in [7, 11) is 1.80. The predicted molar refractivity (Wildman–Crippen MR) is 86.9 cm³/mol. The fourth-order valence-corrected chi connectivity index (χ4v) is 3.11. The van der Waals surface area contributed by atoms with Crippen molar-refractivity contribution in [1.82, 2.24) is 9.38 Å². The van der Waals surface area contributed by atoms with Crippen LogP contribution >= 0.6 is 0 Å². The summed E-state index contributed by atoms with van der Waals surface area (Å²) in [6.07, 6.45) is 0.436. The zero-order valence-corrected chi connectivity index (χ0v) is 12.5. The number of aryl methyl sites for hydroxylation is 1. The number of hydrogen-bond acceptors (Lipinski definition) is 3. The molecular formula is C17H16N4O. The van der Waals surface area contributed by atoms with Crippen molar-refractivity contribution in [1.29, 1.82) is 0 Å². The monoisotopic (exact) mass is 292 g/mol. The maximum atomic E-state index is 11.8. The third kappa shape index (κ3) is 1.65. The quantitative estimate of drug-likeness (QED) is 0.749. The zero-order valence-electron chi connectivity index (χ0n) is 12.5. The molecule has 3 aromatic rings. The van der Waals surface area contributed by atoms with Crippen LogP contribution in [-0.2, 0) is 11.2 Å². The number of fused-ring (bicyclic) bond motifs is 2. The summed E-state index contributed by atoms with van der Waals surface area (Å²) < 4.78 is 1.94. The van der Waals surface area contributed by atoms with E-state index in [1.807, 2.05) is 47.7 Å². The number of rotatable bonds is 1. The first-order chi connectivity index (χ1) is 10.6. The second-order valence-electron chi connectivity index (χ2n) is 5.68. The fraction of sp³-hybridized carbons (Fsp3) is 0.176. The van der Waals surface area contributed by atoms with E-state index in [1.54, 1.807) is 11.9 Å². The van der Waals surface area contributed by atoms with Gasteiger partial charge in [-0.3, -0.25) is 9.20 Å². The Bertz CT molecular complexity index is 926. The summed E-state index contributed by atoms with van der Waals surface area (Å²) in [5.41, 5.74) is 11.9. The van der Waals surface area contributed by atoms with Crippen molar-refractivity contribution in [3.63, 3.8) is 0 Å². The molecular weight excluding hydrogens is 276 g/mol. The average Bonchev–Trinajstić information content (AvgIpc) is 2.98. The molecule has 3 heterocycles. The molecule has 2 aromatic heterocycles. The van der Waals surface area contributed by atoms with Crippen LogP contribution in [0.5, 0.6) is 0 Å². The van der Waals surface area contributed by atoms with Crippen LogP contribution in [0.15, 0.2) is 36.4 Å². The van der Waals surface area contributed by atoms with E-state index in [-0.39, 0.29) is 5.91 Å². The number of carbonyl (C=O) groups excluding carboxylic acids is 1. The molecule has 4 rings (SSSR count). The summed E-state index contributed by atoms with van der Waals surface area (Å²) in [5.74, 6) is 0.747. The molecule has 1 aromatic carbocycles. The highest BCUT2D eigenvalue weighted by Crippen LogP contribution is 2.34. The molecule has 0 atom stereocenters. The SMILES string of the molecule is Cc1cccc2nc(-c3ccc4c(c3)CC(=O)N4C)c(N)n12. The average molecular weight is 292 g/mol. The van der Waals surface area contributed by atoms with E-state index < -0.39 is 0 Å². The lowest BCUT2D eigenvalue weighted by atomic mass is 10.1. The largest absolute Gasteiger partial charge is 0.383 e. The van der Waals surface area contributed by atoms with Gasteiger partial charge >= 0.3 is 0 Å². The lowest BCUT2D eigenvalue weighted by Crippen LogP contribution is -2.20. The van der Waals surface area contributed by atoms with Gasteiger partial charge in [0.15, 0.2) is 0 Å². The number of nitrogens with zero attached hydrogens (tertiary/aromatic N) is 3. The Balaban J connectivity index is 1.90. The van der Waals surface area contributed by atoms with Gasteiger partial charge in [-0.05, 0) is 36.8 Å². The zero-order chi connectivity index (χ0) is 15.4. The number of nitrogen functional groups attached to an aromatic ring is 1. The number of nitrogens with two attached hydrogens (primary N) is 1. The molecule has 0 saturated heterocycles. The molecule has 5 heteroatoms. The van der Waals surface area contributed by atoms with Crippen LogP contribution in [0.3, 0.4) is 0 Å². The first-order valence-electron chi connectivity index (χ1n) is 7.19. The van der Waals surface area contributed by atoms with Crippen molar-refractivity contribution in [2.24, 2.45) is 0 Å². The van der Waals surface area contributed by atoms with Gasteiger partial charge in [0.05, 0.1) is 6.42 Å². The molecule has 22 heavy (non-hydrogen) atoms. The van der Waals surface area contributed by atoms with Crippen molar-refractivity contribution in [2.45, 2.75) is 13.3 Å². The molecule has 2 N–H and O–H groups in total. The standard InChI is InChI=1S/C17H16N4O/c1-10-4-3-5-14-19-16(17(18)21(10)14)11-6-7-13-12(8-11)9-15(22)20(13)2/h3-8H,9,18H2,1-2H3. The summed E-state index contributed by atoms with van der Waals surface area (Å²) >= 11 is 0. The van der Waals surface area contributed by atoms with Crippen molar-refractivity contribution >= 4 is 23.1 Å². The number of likely N-dealkylation sites (N-methyl/N-ethyl adjacent to an activating group) is 1. The predicted octanol–water partition coefficient (Wildman–Crippen LogP) is 2.41. The smallest absolute Gasteiger partial charge is 0.231 e. The minimum atomic E-state index is 0.117. The molecule has 1 aliphatic rings. The van der Waals surface area contributed by atoms with Crippen LogP contribution in [0.2, 0.25) is 0 Å². The highest BCUT2D eigenvalue weighted by molar-refractivity contribution is 6.01. The number of hydrogen-bond donors (Lipinski definition) is 1. The molecule has 110 valence electrons. The number of aromatic nitrogens is 2. The number of benzene rings is 1. The second-order valence-corrected chi connectivity index (χ2v) is 5.68. The van der Waals surface area contributed by atoms with Crippen LogP contribution in [0.1, 0.15) is 11.3 Å². The topological polar surface area (TPSA) is 63.6 Å². The summed E-state index contributed by atoms with van der Waals surface area (Å²) in [6.45, 7) is 2.01. The van der Waals surface area contributed by atoms with E-state index >= 15 is 0 Å². The van der Waals surface area contributed by atoms with E-state index in [0.717, 1.165) is 33.8 Å². The lowest BCUT2D eigenvalue weighted by molar-refractivity contribution is -0.117. The Morgan fingerprint density at radius 3 is 2.82 bits per heavy atom. The first-order valence-corrected chi connectivity index (χ1v) is 7.19.